The fourth-order valence-electron chi connectivity index (χ4n) is 3.11. The van der Waals surface area contributed by atoms with Gasteiger partial charge in [0.05, 0.1) is 18.2 Å². The number of rotatable bonds is 8. The molecule has 0 amide bonds. The number of hydrogen-bond acceptors (Lipinski definition) is 4. The number of aliphatic hydroxyl groups excluding tert-OH is 1. The highest BCUT2D eigenvalue weighted by molar-refractivity contribution is 5.03. The lowest BCUT2D eigenvalue weighted by atomic mass is 9.93. The van der Waals surface area contributed by atoms with Crippen LogP contribution in [-0.4, -0.2) is 61.5 Å². The number of hydrogen-bond donors (Lipinski definition) is 2. The zero-order valence-electron chi connectivity index (χ0n) is 11.8. The van der Waals surface area contributed by atoms with Gasteiger partial charge in [0.1, 0.15) is 0 Å². The first kappa shape index (κ1) is 14.3. The summed E-state index contributed by atoms with van der Waals surface area (Å²) in [6.07, 6.45) is 5.15. The van der Waals surface area contributed by atoms with Crippen LogP contribution in [0.3, 0.4) is 0 Å². The number of nitrogens with one attached hydrogen (secondary N) is 1. The van der Waals surface area contributed by atoms with Gasteiger partial charge in [-0.1, -0.05) is 6.92 Å². The summed E-state index contributed by atoms with van der Waals surface area (Å²) in [5.74, 6) is 0.663. The molecule has 4 nitrogen and oxygen atoms in total. The van der Waals surface area contributed by atoms with E-state index in [9.17, 15) is 5.11 Å². The summed E-state index contributed by atoms with van der Waals surface area (Å²) in [7, 11) is 1.80. The van der Waals surface area contributed by atoms with Crippen molar-refractivity contribution in [1.29, 1.82) is 0 Å². The van der Waals surface area contributed by atoms with Crippen LogP contribution in [-0.2, 0) is 4.74 Å². The van der Waals surface area contributed by atoms with Crippen molar-refractivity contribution in [2.24, 2.45) is 5.92 Å². The van der Waals surface area contributed by atoms with Crippen molar-refractivity contribution in [3.63, 3.8) is 0 Å². The number of nitrogens with zero attached hydrogens (tertiary/aromatic N) is 1. The summed E-state index contributed by atoms with van der Waals surface area (Å²) >= 11 is 0. The Kier molecular flexibility index (Phi) is 5.01. The van der Waals surface area contributed by atoms with Crippen LogP contribution in [0.2, 0.25) is 0 Å². The summed E-state index contributed by atoms with van der Waals surface area (Å²) in [6, 6.07) is 0. The van der Waals surface area contributed by atoms with E-state index in [1.165, 1.54) is 12.8 Å². The Morgan fingerprint density at radius 2 is 2.17 bits per heavy atom. The molecule has 0 aromatic carbocycles. The third-order valence-corrected chi connectivity index (χ3v) is 4.44. The Bertz CT molecular complexity index is 258. The number of methoxy groups -OCH3 is 1. The molecular weight excluding hydrogens is 228 g/mol. The molecule has 0 bridgehead atoms. The fourth-order valence-corrected chi connectivity index (χ4v) is 3.11. The quantitative estimate of drug-likeness (QED) is 0.676. The van der Waals surface area contributed by atoms with Gasteiger partial charge in [-0.3, -0.25) is 4.90 Å². The molecule has 2 atom stereocenters. The number of ether oxygens (including phenoxy) is 1. The van der Waals surface area contributed by atoms with Crippen LogP contribution in [0.25, 0.3) is 0 Å². The Balaban J connectivity index is 1.92. The molecule has 1 aliphatic carbocycles. The molecular formula is C14H28N2O2. The summed E-state index contributed by atoms with van der Waals surface area (Å²) in [6.45, 7) is 6.51. The van der Waals surface area contributed by atoms with Crippen molar-refractivity contribution >= 4 is 0 Å². The van der Waals surface area contributed by atoms with Crippen LogP contribution in [0.1, 0.15) is 32.6 Å². The molecule has 0 aromatic heterocycles. The molecule has 2 fully saturated rings. The van der Waals surface area contributed by atoms with Crippen LogP contribution < -0.4 is 5.32 Å². The number of aliphatic hydroxyl groups is 1. The lowest BCUT2D eigenvalue weighted by Gasteiger charge is -2.37. The van der Waals surface area contributed by atoms with E-state index in [0.29, 0.717) is 12.0 Å². The highest BCUT2D eigenvalue weighted by Gasteiger charge is 2.46. The molecule has 1 saturated carbocycles. The molecule has 2 N–H and O–H groups in total. The van der Waals surface area contributed by atoms with Gasteiger partial charge in [0.25, 0.3) is 0 Å². The van der Waals surface area contributed by atoms with E-state index in [0.717, 1.165) is 39.0 Å². The van der Waals surface area contributed by atoms with Gasteiger partial charge < -0.3 is 15.2 Å². The topological polar surface area (TPSA) is 44.7 Å². The highest BCUT2D eigenvalue weighted by atomic mass is 16.5. The Morgan fingerprint density at radius 1 is 1.39 bits per heavy atom. The molecule has 0 aromatic rings. The van der Waals surface area contributed by atoms with Crippen molar-refractivity contribution in [1.82, 2.24) is 10.2 Å². The van der Waals surface area contributed by atoms with E-state index in [4.69, 9.17) is 4.74 Å². The summed E-state index contributed by atoms with van der Waals surface area (Å²) < 4.78 is 5.42. The van der Waals surface area contributed by atoms with Crippen LogP contribution in [0.15, 0.2) is 0 Å². The van der Waals surface area contributed by atoms with E-state index < -0.39 is 0 Å². The van der Waals surface area contributed by atoms with Gasteiger partial charge in [0, 0.05) is 26.7 Å². The third kappa shape index (κ3) is 3.23. The predicted molar refractivity (Wildman–Crippen MR) is 72.7 cm³/mol. The molecule has 2 unspecified atom stereocenters. The maximum absolute atomic E-state index is 9.88. The minimum Gasteiger partial charge on any atom is -0.394 e. The van der Waals surface area contributed by atoms with Crippen LogP contribution >= 0.6 is 0 Å². The molecule has 1 saturated heterocycles. The van der Waals surface area contributed by atoms with Gasteiger partial charge in [-0.15, -0.1) is 0 Å². The zero-order valence-corrected chi connectivity index (χ0v) is 11.8. The normalized spacial score (nSPS) is 28.5. The minimum absolute atomic E-state index is 0.0708. The van der Waals surface area contributed by atoms with Gasteiger partial charge >= 0.3 is 0 Å². The molecule has 4 heteroatoms. The lowest BCUT2D eigenvalue weighted by Crippen LogP contribution is -2.58. The monoisotopic (exact) mass is 256 g/mol. The van der Waals surface area contributed by atoms with E-state index in [-0.39, 0.29) is 12.1 Å². The number of likely N-dealkylation sites (tertiary alicyclic amines) is 1. The zero-order chi connectivity index (χ0) is 13.0. The summed E-state index contributed by atoms with van der Waals surface area (Å²) in [5, 5.41) is 13.5. The highest BCUT2D eigenvalue weighted by Crippen LogP contribution is 2.40. The van der Waals surface area contributed by atoms with E-state index in [2.05, 4.69) is 17.1 Å². The molecule has 106 valence electrons. The Hall–Kier alpha value is -0.160. The maximum atomic E-state index is 9.88. The van der Waals surface area contributed by atoms with Gasteiger partial charge in [0.15, 0.2) is 0 Å². The first-order valence-corrected chi connectivity index (χ1v) is 7.35. The SMILES string of the molecule is CCCNC(CO)(CN1CCC(OC)C1)C1CC1. The smallest absolute Gasteiger partial charge is 0.0710 e. The lowest BCUT2D eigenvalue weighted by molar-refractivity contribution is 0.0793. The average molecular weight is 256 g/mol. The Morgan fingerprint density at radius 3 is 2.67 bits per heavy atom. The van der Waals surface area contributed by atoms with Gasteiger partial charge in [-0.05, 0) is 38.1 Å². The van der Waals surface area contributed by atoms with E-state index >= 15 is 0 Å². The van der Waals surface area contributed by atoms with E-state index in [1.54, 1.807) is 7.11 Å². The fraction of sp³-hybridized carbons (Fsp3) is 1.00. The first-order chi connectivity index (χ1) is 8.74. The molecule has 0 spiro atoms. The third-order valence-electron chi connectivity index (χ3n) is 4.44. The second kappa shape index (κ2) is 6.33. The summed E-state index contributed by atoms with van der Waals surface area (Å²) in [5.41, 5.74) is -0.0708. The molecule has 2 rings (SSSR count). The molecule has 1 heterocycles. The average Bonchev–Trinajstić information content (AvgIpc) is 3.16. The summed E-state index contributed by atoms with van der Waals surface area (Å²) in [4.78, 5) is 2.45. The maximum Gasteiger partial charge on any atom is 0.0710 e. The van der Waals surface area contributed by atoms with Crippen molar-refractivity contribution in [3.8, 4) is 0 Å². The Labute approximate surface area is 111 Å². The van der Waals surface area contributed by atoms with E-state index in [1.807, 2.05) is 0 Å². The standard InChI is InChI=1S/C14H28N2O2/c1-3-7-15-14(11-17,12-4-5-12)10-16-8-6-13(9-16)18-2/h12-13,15,17H,3-11H2,1-2H3. The second-order valence-electron chi connectivity index (χ2n) is 5.90. The molecule has 0 radical (unpaired) electrons. The van der Waals surface area contributed by atoms with Crippen molar-refractivity contribution < 1.29 is 9.84 Å². The molecule has 2 aliphatic rings. The van der Waals surface area contributed by atoms with Gasteiger partial charge in [-0.2, -0.15) is 0 Å². The van der Waals surface area contributed by atoms with Crippen LogP contribution in [0.5, 0.6) is 0 Å². The van der Waals surface area contributed by atoms with Crippen molar-refractivity contribution in [3.05, 3.63) is 0 Å². The van der Waals surface area contributed by atoms with Crippen LogP contribution in [0.4, 0.5) is 0 Å². The molecule has 1 aliphatic heterocycles. The van der Waals surface area contributed by atoms with Crippen molar-refractivity contribution in [2.45, 2.75) is 44.2 Å². The second-order valence-corrected chi connectivity index (χ2v) is 5.90. The predicted octanol–water partition coefficient (Wildman–Crippen LogP) is 0.848. The van der Waals surface area contributed by atoms with Gasteiger partial charge in [-0.25, -0.2) is 0 Å². The first-order valence-electron chi connectivity index (χ1n) is 7.35. The largest absolute Gasteiger partial charge is 0.394 e. The van der Waals surface area contributed by atoms with Crippen molar-refractivity contribution in [2.75, 3.05) is 39.9 Å². The van der Waals surface area contributed by atoms with Crippen LogP contribution in [0, 0.1) is 5.92 Å². The minimum atomic E-state index is -0.0708. The van der Waals surface area contributed by atoms with Gasteiger partial charge in [0.2, 0.25) is 0 Å². The molecule has 18 heavy (non-hydrogen) atoms.